The topological polar surface area (TPSA) is 69.1 Å². The molecule has 4 rings (SSSR count). The zero-order chi connectivity index (χ0) is 11.6. The molecule has 0 saturated heterocycles. The maximum absolute atomic E-state index is 6.09. The van der Waals surface area contributed by atoms with Gasteiger partial charge in [-0.15, -0.1) is 5.10 Å². The quantitative estimate of drug-likeness (QED) is 0.840. The first-order valence-electron chi connectivity index (χ1n) is 5.84. The molecule has 2 aromatic heterocycles. The molecule has 0 aliphatic heterocycles. The van der Waals surface area contributed by atoms with E-state index < -0.39 is 0 Å². The molecule has 88 valence electrons. The van der Waals surface area contributed by atoms with Gasteiger partial charge in [0.25, 0.3) is 0 Å². The SMILES string of the molecule is Nc1ncc2c(Cl)nc(C3CC4(CC4)C3)n2n1. The van der Waals surface area contributed by atoms with Crippen molar-refractivity contribution in [3.8, 4) is 0 Å². The van der Waals surface area contributed by atoms with E-state index >= 15 is 0 Å². The summed E-state index contributed by atoms with van der Waals surface area (Å²) in [6.45, 7) is 0. The highest BCUT2D eigenvalue weighted by Gasteiger charge is 2.54. The van der Waals surface area contributed by atoms with Crippen LogP contribution in [0.25, 0.3) is 5.52 Å². The zero-order valence-electron chi connectivity index (χ0n) is 9.23. The molecule has 0 radical (unpaired) electrons. The normalized spacial score (nSPS) is 21.9. The van der Waals surface area contributed by atoms with Crippen LogP contribution in [0.4, 0.5) is 5.95 Å². The molecule has 0 bridgehead atoms. The molecular weight excluding hydrogens is 238 g/mol. The van der Waals surface area contributed by atoms with E-state index in [2.05, 4.69) is 15.1 Å². The van der Waals surface area contributed by atoms with E-state index in [0.29, 0.717) is 16.5 Å². The Balaban J connectivity index is 1.81. The summed E-state index contributed by atoms with van der Waals surface area (Å²) in [7, 11) is 0. The number of hydrogen-bond donors (Lipinski definition) is 1. The largest absolute Gasteiger partial charge is 0.367 e. The predicted molar refractivity (Wildman–Crippen MR) is 63.8 cm³/mol. The molecule has 0 unspecified atom stereocenters. The number of nitrogens with zero attached hydrogens (tertiary/aromatic N) is 4. The van der Waals surface area contributed by atoms with Crippen LogP contribution in [0.3, 0.4) is 0 Å². The summed E-state index contributed by atoms with van der Waals surface area (Å²) in [6, 6.07) is 0. The fourth-order valence-electron chi connectivity index (χ4n) is 2.90. The fraction of sp³-hybridized carbons (Fsp3) is 0.545. The molecule has 0 aromatic carbocycles. The van der Waals surface area contributed by atoms with Crippen LogP contribution < -0.4 is 5.73 Å². The van der Waals surface area contributed by atoms with Crippen molar-refractivity contribution >= 4 is 23.1 Å². The number of aromatic nitrogens is 4. The van der Waals surface area contributed by atoms with Gasteiger partial charge in [0.15, 0.2) is 5.15 Å². The number of nitrogen functional groups attached to an aromatic ring is 1. The van der Waals surface area contributed by atoms with Crippen LogP contribution in [0.5, 0.6) is 0 Å². The molecule has 2 N–H and O–H groups in total. The fourth-order valence-corrected chi connectivity index (χ4v) is 3.12. The summed E-state index contributed by atoms with van der Waals surface area (Å²) in [6.07, 6.45) is 6.81. The standard InChI is InChI=1S/C11H12ClN5/c12-8-7-5-14-10(13)16-17(7)9(15-8)6-3-11(4-6)1-2-11/h5-6H,1-4H2,(H2,13,16). The molecule has 2 fully saturated rings. The number of halogens is 1. The maximum atomic E-state index is 6.09. The van der Waals surface area contributed by atoms with Crippen LogP contribution in [0.1, 0.15) is 37.4 Å². The van der Waals surface area contributed by atoms with E-state index in [1.54, 1.807) is 10.7 Å². The van der Waals surface area contributed by atoms with Crippen molar-refractivity contribution in [3.63, 3.8) is 0 Å². The first-order chi connectivity index (χ1) is 8.17. The monoisotopic (exact) mass is 249 g/mol. The average molecular weight is 250 g/mol. The summed E-state index contributed by atoms with van der Waals surface area (Å²) >= 11 is 6.09. The summed E-state index contributed by atoms with van der Waals surface area (Å²) < 4.78 is 1.75. The number of rotatable bonds is 1. The second kappa shape index (κ2) is 2.90. The Morgan fingerprint density at radius 3 is 2.88 bits per heavy atom. The van der Waals surface area contributed by atoms with Gasteiger partial charge in [-0.1, -0.05) is 11.6 Å². The first kappa shape index (κ1) is 9.65. The highest BCUT2D eigenvalue weighted by Crippen LogP contribution is 2.66. The highest BCUT2D eigenvalue weighted by molar-refractivity contribution is 6.32. The van der Waals surface area contributed by atoms with Gasteiger partial charge in [0.1, 0.15) is 11.3 Å². The molecule has 2 saturated carbocycles. The minimum atomic E-state index is 0.258. The van der Waals surface area contributed by atoms with Crippen molar-refractivity contribution in [2.24, 2.45) is 5.41 Å². The molecule has 0 amide bonds. The molecule has 17 heavy (non-hydrogen) atoms. The van der Waals surface area contributed by atoms with Gasteiger partial charge in [-0.3, -0.25) is 0 Å². The molecule has 2 aliphatic rings. The minimum absolute atomic E-state index is 0.258. The van der Waals surface area contributed by atoms with Crippen LogP contribution >= 0.6 is 11.6 Å². The van der Waals surface area contributed by atoms with Crippen LogP contribution in [-0.4, -0.2) is 19.6 Å². The van der Waals surface area contributed by atoms with E-state index in [4.69, 9.17) is 17.3 Å². The van der Waals surface area contributed by atoms with E-state index in [-0.39, 0.29) is 5.95 Å². The number of hydrogen-bond acceptors (Lipinski definition) is 4. The van der Waals surface area contributed by atoms with Crippen LogP contribution in [0, 0.1) is 5.41 Å². The van der Waals surface area contributed by atoms with Gasteiger partial charge in [0.2, 0.25) is 5.95 Å². The predicted octanol–water partition coefficient (Wildman–Crippen LogP) is 2.02. The third kappa shape index (κ3) is 1.29. The Morgan fingerprint density at radius 1 is 1.41 bits per heavy atom. The summed E-state index contributed by atoms with van der Waals surface area (Å²) in [5.74, 6) is 1.68. The third-order valence-corrected chi connectivity index (χ3v) is 4.35. The molecule has 2 heterocycles. The maximum Gasteiger partial charge on any atom is 0.238 e. The summed E-state index contributed by atoms with van der Waals surface area (Å²) in [5.41, 5.74) is 7.00. The smallest absolute Gasteiger partial charge is 0.238 e. The van der Waals surface area contributed by atoms with Gasteiger partial charge in [0, 0.05) is 5.92 Å². The minimum Gasteiger partial charge on any atom is -0.367 e. The van der Waals surface area contributed by atoms with Gasteiger partial charge in [-0.25, -0.2) is 14.5 Å². The molecule has 6 heteroatoms. The molecule has 1 spiro atoms. The van der Waals surface area contributed by atoms with Crippen LogP contribution in [-0.2, 0) is 0 Å². The van der Waals surface area contributed by atoms with Gasteiger partial charge in [-0.05, 0) is 31.1 Å². The highest BCUT2D eigenvalue weighted by atomic mass is 35.5. The third-order valence-electron chi connectivity index (χ3n) is 4.07. The van der Waals surface area contributed by atoms with Gasteiger partial charge in [0.05, 0.1) is 6.20 Å². The Morgan fingerprint density at radius 2 is 2.18 bits per heavy atom. The van der Waals surface area contributed by atoms with Gasteiger partial charge < -0.3 is 5.73 Å². The first-order valence-corrected chi connectivity index (χ1v) is 6.21. The number of anilines is 1. The Hall–Kier alpha value is -1.36. The lowest BCUT2D eigenvalue weighted by Gasteiger charge is -2.34. The molecule has 0 atom stereocenters. The number of fused-ring (bicyclic) bond motifs is 1. The number of nitrogens with two attached hydrogens (primary N) is 1. The summed E-state index contributed by atoms with van der Waals surface area (Å²) in [4.78, 5) is 8.36. The number of imidazole rings is 1. The molecule has 2 aromatic rings. The average Bonchev–Trinajstić information content (AvgIpc) is 2.98. The zero-order valence-corrected chi connectivity index (χ0v) is 9.98. The van der Waals surface area contributed by atoms with Crippen molar-refractivity contribution in [2.45, 2.75) is 31.6 Å². The van der Waals surface area contributed by atoms with E-state index in [1.807, 2.05) is 0 Å². The Labute approximate surface area is 103 Å². The second-order valence-corrected chi connectivity index (χ2v) is 5.64. The Kier molecular flexibility index (Phi) is 1.65. The lowest BCUT2D eigenvalue weighted by atomic mass is 9.71. The van der Waals surface area contributed by atoms with Crippen LogP contribution in [0.2, 0.25) is 5.15 Å². The molecule has 2 aliphatic carbocycles. The van der Waals surface area contributed by atoms with Gasteiger partial charge in [-0.2, -0.15) is 0 Å². The van der Waals surface area contributed by atoms with Gasteiger partial charge >= 0.3 is 0 Å². The molecule has 5 nitrogen and oxygen atoms in total. The van der Waals surface area contributed by atoms with Crippen molar-refractivity contribution < 1.29 is 0 Å². The summed E-state index contributed by atoms with van der Waals surface area (Å²) in [5, 5.41) is 4.67. The van der Waals surface area contributed by atoms with E-state index in [1.165, 1.54) is 25.7 Å². The van der Waals surface area contributed by atoms with Crippen molar-refractivity contribution in [2.75, 3.05) is 5.73 Å². The second-order valence-electron chi connectivity index (χ2n) is 5.28. The van der Waals surface area contributed by atoms with E-state index in [0.717, 1.165) is 11.3 Å². The van der Waals surface area contributed by atoms with Crippen LogP contribution in [0.15, 0.2) is 6.20 Å². The Bertz CT molecular complexity index is 608. The molecular formula is C11H12ClN5. The van der Waals surface area contributed by atoms with Crippen molar-refractivity contribution in [1.82, 2.24) is 19.6 Å². The lowest BCUT2D eigenvalue weighted by molar-refractivity contribution is 0.227. The van der Waals surface area contributed by atoms with Crippen molar-refractivity contribution in [1.29, 1.82) is 0 Å². The lowest BCUT2D eigenvalue weighted by Crippen LogP contribution is -2.25. The van der Waals surface area contributed by atoms with E-state index in [9.17, 15) is 0 Å². The van der Waals surface area contributed by atoms with Crippen molar-refractivity contribution in [3.05, 3.63) is 17.2 Å².